The second kappa shape index (κ2) is 6.14. The van der Waals surface area contributed by atoms with E-state index >= 15 is 0 Å². The Kier molecular flexibility index (Phi) is 4.50. The van der Waals surface area contributed by atoms with E-state index in [0.717, 1.165) is 5.56 Å². The first-order chi connectivity index (χ1) is 10.8. The summed E-state index contributed by atoms with van der Waals surface area (Å²) < 4.78 is 34.5. The second-order valence-electron chi connectivity index (χ2n) is 6.95. The van der Waals surface area contributed by atoms with E-state index in [0.29, 0.717) is 32.8 Å². The fourth-order valence-electron chi connectivity index (χ4n) is 3.37. The Labute approximate surface area is 138 Å². The highest BCUT2D eigenvalue weighted by atomic mass is 32.2. The summed E-state index contributed by atoms with van der Waals surface area (Å²) in [7, 11) is -3.50. The minimum atomic E-state index is -3.50. The van der Waals surface area contributed by atoms with Crippen molar-refractivity contribution in [1.29, 1.82) is 0 Å². The van der Waals surface area contributed by atoms with Crippen LogP contribution in [0.4, 0.5) is 0 Å². The number of nitrogens with zero attached hydrogens (tertiary/aromatic N) is 2. The van der Waals surface area contributed by atoms with Gasteiger partial charge in [-0.2, -0.15) is 17.0 Å². The molecule has 23 heavy (non-hydrogen) atoms. The molecule has 128 valence electrons. The van der Waals surface area contributed by atoms with Gasteiger partial charge < -0.3 is 10.5 Å². The maximum Gasteiger partial charge on any atom is 0.282 e. The molecule has 0 bridgehead atoms. The zero-order valence-corrected chi connectivity index (χ0v) is 14.5. The first-order valence-corrected chi connectivity index (χ1v) is 9.39. The number of nitrogens with two attached hydrogens (primary N) is 1. The molecule has 0 unspecified atom stereocenters. The van der Waals surface area contributed by atoms with Crippen molar-refractivity contribution in [2.75, 3.05) is 32.8 Å². The normalized spacial score (nSPS) is 29.7. The molecule has 0 saturated carbocycles. The number of hydrogen-bond acceptors (Lipinski definition) is 4. The van der Waals surface area contributed by atoms with Gasteiger partial charge in [0.2, 0.25) is 0 Å². The van der Waals surface area contributed by atoms with Crippen molar-refractivity contribution in [3.05, 3.63) is 35.9 Å². The van der Waals surface area contributed by atoms with E-state index in [4.69, 9.17) is 10.5 Å². The van der Waals surface area contributed by atoms with Gasteiger partial charge >= 0.3 is 0 Å². The topological polar surface area (TPSA) is 75.9 Å². The van der Waals surface area contributed by atoms with Crippen molar-refractivity contribution in [2.24, 2.45) is 5.73 Å². The third-order valence-corrected chi connectivity index (χ3v) is 6.52. The Balaban J connectivity index is 1.77. The van der Waals surface area contributed by atoms with Crippen LogP contribution in [-0.2, 0) is 14.9 Å². The molecular weight excluding hydrogens is 314 g/mol. The number of hydrogen-bond donors (Lipinski definition) is 1. The third kappa shape index (κ3) is 3.44. The Hall–Kier alpha value is -0.990. The van der Waals surface area contributed by atoms with Crippen LogP contribution in [0.15, 0.2) is 30.3 Å². The molecule has 2 aliphatic rings. The van der Waals surface area contributed by atoms with Crippen LogP contribution >= 0.6 is 0 Å². The number of rotatable bonds is 3. The van der Waals surface area contributed by atoms with Gasteiger partial charge in [0.1, 0.15) is 0 Å². The Morgan fingerprint density at radius 3 is 2.52 bits per heavy atom. The smallest absolute Gasteiger partial charge is 0.282 e. The lowest BCUT2D eigenvalue weighted by Crippen LogP contribution is -2.54. The Morgan fingerprint density at radius 2 is 1.87 bits per heavy atom. The highest BCUT2D eigenvalue weighted by Gasteiger charge is 2.42. The fraction of sp³-hybridized carbons (Fsp3) is 0.625. The second-order valence-corrected chi connectivity index (χ2v) is 8.88. The van der Waals surface area contributed by atoms with Crippen LogP contribution in [0.2, 0.25) is 0 Å². The van der Waals surface area contributed by atoms with Gasteiger partial charge in [-0.3, -0.25) is 0 Å². The molecule has 1 aromatic carbocycles. The fourth-order valence-corrected chi connectivity index (χ4v) is 5.18. The van der Waals surface area contributed by atoms with Gasteiger partial charge in [0.25, 0.3) is 10.2 Å². The van der Waals surface area contributed by atoms with Crippen molar-refractivity contribution >= 4 is 10.2 Å². The highest BCUT2D eigenvalue weighted by molar-refractivity contribution is 7.86. The number of morpholine rings is 1. The first kappa shape index (κ1) is 16.9. The van der Waals surface area contributed by atoms with Crippen LogP contribution in [0, 0.1) is 0 Å². The van der Waals surface area contributed by atoms with Gasteiger partial charge in [0, 0.05) is 38.1 Å². The van der Waals surface area contributed by atoms with Gasteiger partial charge in [0.15, 0.2) is 0 Å². The molecule has 2 saturated heterocycles. The van der Waals surface area contributed by atoms with E-state index in [1.165, 1.54) is 8.61 Å². The van der Waals surface area contributed by atoms with Gasteiger partial charge in [-0.05, 0) is 19.4 Å². The van der Waals surface area contributed by atoms with E-state index in [1.54, 1.807) is 0 Å². The number of benzene rings is 1. The minimum Gasteiger partial charge on any atom is -0.373 e. The molecule has 2 heterocycles. The summed E-state index contributed by atoms with van der Waals surface area (Å²) >= 11 is 0. The summed E-state index contributed by atoms with van der Waals surface area (Å²) in [4.78, 5) is 0. The molecule has 2 atom stereocenters. The number of ether oxygens (including phenoxy) is 1. The van der Waals surface area contributed by atoms with Crippen molar-refractivity contribution in [2.45, 2.75) is 31.4 Å². The summed E-state index contributed by atoms with van der Waals surface area (Å²) in [5.74, 6) is 0.0417. The molecule has 7 heteroatoms. The van der Waals surface area contributed by atoms with Gasteiger partial charge in [0.05, 0.1) is 12.2 Å². The van der Waals surface area contributed by atoms with Crippen molar-refractivity contribution in [1.82, 2.24) is 8.61 Å². The van der Waals surface area contributed by atoms with E-state index in [-0.39, 0.29) is 12.0 Å². The zero-order chi connectivity index (χ0) is 16.7. The maximum absolute atomic E-state index is 12.9. The summed E-state index contributed by atoms with van der Waals surface area (Å²) in [5.41, 5.74) is 6.88. The maximum atomic E-state index is 12.9. The minimum absolute atomic E-state index is 0.0417. The summed E-state index contributed by atoms with van der Waals surface area (Å²) in [6.07, 6.45) is 0. The molecule has 0 amide bonds. The van der Waals surface area contributed by atoms with Crippen LogP contribution in [0.25, 0.3) is 0 Å². The first-order valence-electron chi connectivity index (χ1n) is 7.99. The van der Waals surface area contributed by atoms with Crippen LogP contribution in [0.5, 0.6) is 0 Å². The lowest BCUT2D eigenvalue weighted by Gasteiger charge is -2.38. The predicted molar refractivity (Wildman–Crippen MR) is 89.3 cm³/mol. The van der Waals surface area contributed by atoms with Crippen LogP contribution in [0.1, 0.15) is 25.3 Å². The van der Waals surface area contributed by atoms with Gasteiger partial charge in [-0.15, -0.1) is 0 Å². The molecule has 1 aromatic rings. The van der Waals surface area contributed by atoms with E-state index in [2.05, 4.69) is 0 Å². The lowest BCUT2D eigenvalue weighted by atomic mass is 9.95. The molecule has 0 aliphatic carbocycles. The van der Waals surface area contributed by atoms with Crippen LogP contribution < -0.4 is 5.73 Å². The molecule has 2 aliphatic heterocycles. The quantitative estimate of drug-likeness (QED) is 0.882. The highest BCUT2D eigenvalue weighted by Crippen LogP contribution is 2.30. The average molecular weight is 339 g/mol. The SMILES string of the molecule is CC1(C)CN(S(=O)(=O)N2C[C@@H](N)[C@H](c3ccccc3)C2)CCO1. The molecule has 2 N–H and O–H groups in total. The van der Waals surface area contributed by atoms with E-state index in [9.17, 15) is 8.42 Å². The zero-order valence-electron chi connectivity index (χ0n) is 13.7. The molecular formula is C16H25N3O3S. The van der Waals surface area contributed by atoms with Gasteiger partial charge in [-0.1, -0.05) is 30.3 Å². The summed E-state index contributed by atoms with van der Waals surface area (Å²) in [6, 6.07) is 9.72. The summed E-state index contributed by atoms with van der Waals surface area (Å²) in [5, 5.41) is 0. The van der Waals surface area contributed by atoms with E-state index in [1.807, 2.05) is 44.2 Å². The lowest BCUT2D eigenvalue weighted by molar-refractivity contribution is -0.0651. The monoisotopic (exact) mass is 339 g/mol. The largest absolute Gasteiger partial charge is 0.373 e. The van der Waals surface area contributed by atoms with Crippen molar-refractivity contribution in [3.63, 3.8) is 0 Å². The average Bonchev–Trinajstić information content (AvgIpc) is 2.90. The van der Waals surface area contributed by atoms with Crippen LogP contribution in [0.3, 0.4) is 0 Å². The van der Waals surface area contributed by atoms with Crippen molar-refractivity contribution < 1.29 is 13.2 Å². The summed E-state index contributed by atoms with van der Waals surface area (Å²) in [6.45, 7) is 5.82. The predicted octanol–water partition coefficient (Wildman–Crippen LogP) is 0.769. The standard InChI is InChI=1S/C16H25N3O3S/c1-16(2)12-18(8-9-22-16)23(20,21)19-10-14(15(17)11-19)13-6-4-3-5-7-13/h3-7,14-15H,8-12,17H2,1-2H3/t14-,15+/m0/s1. The Bertz CT molecular complexity index is 648. The Morgan fingerprint density at radius 1 is 1.17 bits per heavy atom. The third-order valence-electron chi connectivity index (χ3n) is 4.60. The van der Waals surface area contributed by atoms with Gasteiger partial charge in [-0.25, -0.2) is 0 Å². The van der Waals surface area contributed by atoms with E-state index < -0.39 is 15.8 Å². The molecule has 0 spiro atoms. The van der Waals surface area contributed by atoms with Crippen LogP contribution in [-0.4, -0.2) is 61.5 Å². The molecule has 6 nitrogen and oxygen atoms in total. The molecule has 3 rings (SSSR count). The molecule has 0 radical (unpaired) electrons. The van der Waals surface area contributed by atoms with Crippen molar-refractivity contribution in [3.8, 4) is 0 Å². The molecule has 2 fully saturated rings. The molecule has 0 aromatic heterocycles.